The van der Waals surface area contributed by atoms with Gasteiger partial charge in [0.25, 0.3) is 5.91 Å². The van der Waals surface area contributed by atoms with E-state index < -0.39 is 0 Å². The summed E-state index contributed by atoms with van der Waals surface area (Å²) in [6.07, 6.45) is 10.5. The number of hydrogen-bond donors (Lipinski definition) is 3. The number of nitrogens with zero attached hydrogens (tertiary/aromatic N) is 1. The van der Waals surface area contributed by atoms with Gasteiger partial charge >= 0.3 is 0 Å². The molecule has 0 saturated heterocycles. The molecule has 0 aliphatic carbocycles. The van der Waals surface area contributed by atoms with E-state index in [9.17, 15) is 14.7 Å². The zero-order valence-electron chi connectivity index (χ0n) is 15.7. The minimum absolute atomic E-state index is 0.0386. The minimum Gasteiger partial charge on any atom is -0.505 e. The van der Waals surface area contributed by atoms with Gasteiger partial charge in [0.15, 0.2) is 5.01 Å². The van der Waals surface area contributed by atoms with E-state index >= 15 is 0 Å². The van der Waals surface area contributed by atoms with E-state index in [4.69, 9.17) is 0 Å². The van der Waals surface area contributed by atoms with Gasteiger partial charge in [-0.25, -0.2) is 4.98 Å². The molecule has 146 valence electrons. The largest absolute Gasteiger partial charge is 0.505 e. The van der Waals surface area contributed by atoms with Crippen LogP contribution in [0.1, 0.15) is 61.7 Å². The number of amides is 2. The van der Waals surface area contributed by atoms with E-state index in [-0.39, 0.29) is 11.7 Å². The molecule has 2 rings (SSSR count). The lowest BCUT2D eigenvalue weighted by Crippen LogP contribution is -2.24. The lowest BCUT2D eigenvalue weighted by Gasteiger charge is -2.06. The first kappa shape index (κ1) is 20.9. The van der Waals surface area contributed by atoms with Crippen LogP contribution in [0.15, 0.2) is 24.4 Å². The van der Waals surface area contributed by atoms with Crippen LogP contribution in [0.3, 0.4) is 0 Å². The highest BCUT2D eigenvalue weighted by molar-refractivity contribution is 7.17. The van der Waals surface area contributed by atoms with Crippen molar-refractivity contribution in [3.8, 4) is 16.2 Å². The van der Waals surface area contributed by atoms with Gasteiger partial charge in [-0.1, -0.05) is 51.5 Å². The predicted octanol–water partition coefficient (Wildman–Crippen LogP) is 4.56. The van der Waals surface area contributed by atoms with E-state index in [1.165, 1.54) is 43.4 Å². The fourth-order valence-electron chi connectivity index (χ4n) is 2.79. The molecule has 1 heterocycles. The molecule has 7 heteroatoms. The number of thiazole rings is 1. The number of anilines is 1. The fourth-order valence-corrected chi connectivity index (χ4v) is 3.64. The third-order valence-electron chi connectivity index (χ3n) is 4.28. The number of benzene rings is 1. The van der Waals surface area contributed by atoms with Gasteiger partial charge in [0.05, 0.1) is 10.6 Å². The van der Waals surface area contributed by atoms with Gasteiger partial charge in [-0.15, -0.1) is 11.3 Å². The van der Waals surface area contributed by atoms with Crippen molar-refractivity contribution in [3.63, 3.8) is 0 Å². The number of unbranched alkanes of at least 4 members (excludes halogenated alkanes) is 6. The molecule has 0 fully saturated rings. The maximum absolute atomic E-state index is 12.2. The van der Waals surface area contributed by atoms with Crippen LogP contribution in [0, 0.1) is 0 Å². The summed E-state index contributed by atoms with van der Waals surface area (Å²) in [4.78, 5) is 27.7. The van der Waals surface area contributed by atoms with Gasteiger partial charge < -0.3 is 15.7 Å². The van der Waals surface area contributed by atoms with Crippen molar-refractivity contribution >= 4 is 29.3 Å². The number of phenolic OH excluding ortho intramolecular Hbond substituents is 1. The molecule has 27 heavy (non-hydrogen) atoms. The molecule has 0 saturated carbocycles. The Hall–Kier alpha value is -2.41. The van der Waals surface area contributed by atoms with Gasteiger partial charge in [-0.2, -0.15) is 0 Å². The van der Waals surface area contributed by atoms with Crippen molar-refractivity contribution < 1.29 is 14.7 Å². The summed E-state index contributed by atoms with van der Waals surface area (Å²) >= 11 is 1.21. The van der Waals surface area contributed by atoms with Gasteiger partial charge in [-0.3, -0.25) is 9.59 Å². The monoisotopic (exact) mass is 389 g/mol. The highest BCUT2D eigenvalue weighted by Gasteiger charge is 2.15. The Kier molecular flexibility index (Phi) is 8.77. The van der Waals surface area contributed by atoms with Crippen LogP contribution >= 0.6 is 11.3 Å². The first-order valence-corrected chi connectivity index (χ1v) is 10.3. The Balaban J connectivity index is 1.84. The quantitative estimate of drug-likeness (QED) is 0.282. The number of aromatic nitrogens is 1. The Bertz CT molecular complexity index is 746. The summed E-state index contributed by atoms with van der Waals surface area (Å²) in [5.74, 6) is -0.234. The number of phenols is 1. The van der Waals surface area contributed by atoms with Crippen molar-refractivity contribution in [2.24, 2.45) is 0 Å². The highest BCUT2D eigenvalue weighted by atomic mass is 32.1. The van der Waals surface area contributed by atoms with Gasteiger partial charge in [0, 0.05) is 18.3 Å². The molecule has 0 spiro atoms. The van der Waals surface area contributed by atoms with Crippen LogP contribution < -0.4 is 10.6 Å². The molecule has 0 aliphatic heterocycles. The smallest absolute Gasteiger partial charge is 0.280 e. The lowest BCUT2D eigenvalue weighted by molar-refractivity contribution is -0.105. The number of aromatic hydroxyl groups is 1. The summed E-state index contributed by atoms with van der Waals surface area (Å²) in [6, 6.07) is 5.05. The van der Waals surface area contributed by atoms with Gasteiger partial charge in [0.2, 0.25) is 6.41 Å². The van der Waals surface area contributed by atoms with E-state index in [1.54, 1.807) is 24.4 Å². The number of rotatable bonds is 12. The Morgan fingerprint density at radius 2 is 1.93 bits per heavy atom. The van der Waals surface area contributed by atoms with Crippen molar-refractivity contribution in [3.05, 3.63) is 29.4 Å². The molecule has 3 N–H and O–H groups in total. The molecular formula is C20H27N3O3S. The Morgan fingerprint density at radius 1 is 1.19 bits per heavy atom. The number of hydrogen-bond acceptors (Lipinski definition) is 5. The third kappa shape index (κ3) is 6.36. The van der Waals surface area contributed by atoms with E-state index in [1.807, 2.05) is 0 Å². The Morgan fingerprint density at radius 3 is 2.67 bits per heavy atom. The molecule has 1 aromatic carbocycles. The summed E-state index contributed by atoms with van der Waals surface area (Å²) in [7, 11) is 0. The molecule has 1 aromatic heterocycles. The highest BCUT2D eigenvalue weighted by Crippen LogP contribution is 2.37. The summed E-state index contributed by atoms with van der Waals surface area (Å²) in [5.41, 5.74) is 0.853. The maximum atomic E-state index is 12.2. The van der Waals surface area contributed by atoms with Crippen LogP contribution in [0.2, 0.25) is 0 Å². The topological polar surface area (TPSA) is 91.3 Å². The number of nitrogens with one attached hydrogen (secondary N) is 2. The molecule has 6 nitrogen and oxygen atoms in total. The SMILES string of the molecule is CCCCCCCCCNC(=O)c1ncc(-c2cccc(NC=O)c2O)s1. The summed E-state index contributed by atoms with van der Waals surface area (Å²) < 4.78 is 0. The summed E-state index contributed by atoms with van der Waals surface area (Å²) in [6.45, 7) is 2.85. The lowest BCUT2D eigenvalue weighted by atomic mass is 10.1. The van der Waals surface area contributed by atoms with E-state index in [2.05, 4.69) is 22.5 Å². The van der Waals surface area contributed by atoms with Crippen molar-refractivity contribution in [2.45, 2.75) is 51.9 Å². The van der Waals surface area contributed by atoms with Crippen molar-refractivity contribution in [1.82, 2.24) is 10.3 Å². The van der Waals surface area contributed by atoms with Crippen molar-refractivity contribution in [1.29, 1.82) is 0 Å². The zero-order chi connectivity index (χ0) is 19.5. The average Bonchev–Trinajstić information content (AvgIpc) is 3.15. The van der Waals surface area contributed by atoms with Gasteiger partial charge in [0.1, 0.15) is 5.75 Å². The predicted molar refractivity (Wildman–Crippen MR) is 109 cm³/mol. The van der Waals surface area contributed by atoms with Crippen LogP contribution in [-0.4, -0.2) is 29.0 Å². The Labute approximate surface area is 164 Å². The first-order chi connectivity index (χ1) is 13.2. The maximum Gasteiger partial charge on any atom is 0.280 e. The van der Waals surface area contributed by atoms with Crippen LogP contribution in [0.25, 0.3) is 10.4 Å². The normalized spacial score (nSPS) is 10.6. The number of carbonyl (C=O) groups excluding carboxylic acids is 2. The third-order valence-corrected chi connectivity index (χ3v) is 5.31. The van der Waals surface area contributed by atoms with Crippen LogP contribution in [0.4, 0.5) is 5.69 Å². The van der Waals surface area contributed by atoms with E-state index in [0.717, 1.165) is 12.8 Å². The molecular weight excluding hydrogens is 362 g/mol. The molecule has 2 aromatic rings. The van der Waals surface area contributed by atoms with E-state index in [0.29, 0.717) is 34.1 Å². The second kappa shape index (κ2) is 11.3. The molecule has 0 aliphatic rings. The number of carbonyl (C=O) groups is 2. The molecule has 0 radical (unpaired) electrons. The fraction of sp³-hybridized carbons (Fsp3) is 0.450. The summed E-state index contributed by atoms with van der Waals surface area (Å²) in [5, 5.41) is 16.0. The van der Waals surface area contributed by atoms with Crippen molar-refractivity contribution in [2.75, 3.05) is 11.9 Å². The zero-order valence-corrected chi connectivity index (χ0v) is 16.5. The molecule has 2 amide bonds. The number of para-hydroxylation sites is 1. The van der Waals surface area contributed by atoms with Crippen LogP contribution in [-0.2, 0) is 4.79 Å². The van der Waals surface area contributed by atoms with Gasteiger partial charge in [-0.05, 0) is 18.6 Å². The minimum atomic E-state index is -0.195. The molecule has 0 atom stereocenters. The second-order valence-electron chi connectivity index (χ2n) is 6.37. The average molecular weight is 390 g/mol. The standard InChI is InChI=1S/C20H27N3O3S/c1-2-3-4-5-6-7-8-12-21-19(26)20-22-13-17(27-20)15-10-9-11-16(18(15)25)23-14-24/h9-11,13-14,25H,2-8,12H2,1H3,(H,21,26)(H,23,24). The molecule has 0 unspecified atom stereocenters. The second-order valence-corrected chi connectivity index (χ2v) is 7.40. The first-order valence-electron chi connectivity index (χ1n) is 9.44. The molecule has 0 bridgehead atoms. The van der Waals surface area contributed by atoms with Crippen LogP contribution in [0.5, 0.6) is 5.75 Å².